The zero-order valence-electron chi connectivity index (χ0n) is 20.3. The molecule has 0 bridgehead atoms. The number of H-pyrrole nitrogens is 2. The van der Waals surface area contributed by atoms with Crippen molar-refractivity contribution in [2.75, 3.05) is 32.2 Å². The molecule has 2 aromatic heterocycles. The molecule has 1 saturated heterocycles. The molecule has 190 valence electrons. The van der Waals surface area contributed by atoms with Gasteiger partial charge in [0.2, 0.25) is 0 Å². The first kappa shape index (κ1) is 24.0. The molecule has 3 heterocycles. The fraction of sp³-hybridized carbons (Fsp3) is 0.400. The first-order valence-electron chi connectivity index (χ1n) is 11.9. The minimum Gasteiger partial charge on any atom is -0.468 e. The molecule has 3 N–H and O–H groups in total. The van der Waals surface area contributed by atoms with Crippen LogP contribution >= 0.6 is 0 Å². The maximum atomic E-state index is 14.9. The number of nitrogens with zero attached hydrogens (tertiary/aromatic N) is 4. The highest BCUT2D eigenvalue weighted by Crippen LogP contribution is 2.39. The average Bonchev–Trinajstić information content (AvgIpc) is 3.25. The first-order valence-corrected chi connectivity index (χ1v) is 11.9. The van der Waals surface area contributed by atoms with Gasteiger partial charge in [-0.15, -0.1) is 0 Å². The number of rotatable bonds is 9. The number of aryl methyl sites for hydroxylation is 1. The van der Waals surface area contributed by atoms with E-state index in [1.54, 1.807) is 26.2 Å². The number of benzene rings is 1. The lowest BCUT2D eigenvalue weighted by Crippen LogP contribution is -2.30. The van der Waals surface area contributed by atoms with Crippen molar-refractivity contribution in [3.63, 3.8) is 0 Å². The van der Waals surface area contributed by atoms with Crippen LogP contribution < -0.4 is 10.1 Å². The van der Waals surface area contributed by atoms with E-state index in [0.29, 0.717) is 42.2 Å². The summed E-state index contributed by atoms with van der Waals surface area (Å²) in [6.07, 6.45) is 4.96. The number of anilines is 1. The number of aliphatic imine (C=N–C) groups is 2. The van der Waals surface area contributed by atoms with Crippen LogP contribution in [0.15, 0.2) is 40.1 Å². The van der Waals surface area contributed by atoms with Gasteiger partial charge in [0, 0.05) is 61.1 Å². The third kappa shape index (κ3) is 5.11. The van der Waals surface area contributed by atoms with E-state index in [0.717, 1.165) is 31.0 Å². The van der Waals surface area contributed by atoms with Crippen LogP contribution in [-0.2, 0) is 4.74 Å². The van der Waals surface area contributed by atoms with Gasteiger partial charge in [-0.3, -0.25) is 5.10 Å². The third-order valence-electron chi connectivity index (χ3n) is 6.46. The molecule has 11 heteroatoms. The standard InChI is InChI=1S/C25H29F2N7O2/c1-14-8-17-24(27)20(9-18(26)25(17)30-14)36-13-29-23(34-7-6-16(12-34)35-3)11-21(28-2)31-22-10-19(32-33-22)15-4-5-15/h8-11,15-16,30H,2,4-7,12-13H2,1,3H3,(H2,31,32,33)/b21-11+,29-23+. The van der Waals surface area contributed by atoms with Gasteiger partial charge in [0.1, 0.15) is 11.7 Å². The summed E-state index contributed by atoms with van der Waals surface area (Å²) < 4.78 is 40.4. The topological polar surface area (TPSA) is 103 Å². The summed E-state index contributed by atoms with van der Waals surface area (Å²) in [5.74, 6) is 0.756. The predicted molar refractivity (Wildman–Crippen MR) is 135 cm³/mol. The maximum absolute atomic E-state index is 14.9. The Balaban J connectivity index is 1.36. The lowest BCUT2D eigenvalue weighted by Gasteiger charge is -2.19. The molecule has 1 atom stereocenters. The van der Waals surface area contributed by atoms with Crippen LogP contribution in [0.3, 0.4) is 0 Å². The molecular weight excluding hydrogens is 468 g/mol. The minimum absolute atomic E-state index is 0.0656. The number of hydrogen-bond acceptors (Lipinski definition) is 6. The van der Waals surface area contributed by atoms with Gasteiger partial charge in [0.15, 0.2) is 29.9 Å². The minimum atomic E-state index is -0.635. The van der Waals surface area contributed by atoms with E-state index in [-0.39, 0.29) is 29.5 Å². The van der Waals surface area contributed by atoms with E-state index in [1.807, 2.05) is 11.0 Å². The lowest BCUT2D eigenvalue weighted by atomic mass is 10.2. The van der Waals surface area contributed by atoms with Crippen molar-refractivity contribution in [1.82, 2.24) is 20.1 Å². The van der Waals surface area contributed by atoms with Crippen molar-refractivity contribution in [3.05, 3.63) is 53.1 Å². The molecule has 1 aliphatic carbocycles. The van der Waals surface area contributed by atoms with Crippen LogP contribution in [0.4, 0.5) is 14.6 Å². The van der Waals surface area contributed by atoms with Crippen molar-refractivity contribution in [2.24, 2.45) is 9.98 Å². The molecule has 1 aliphatic heterocycles. The Morgan fingerprint density at radius 2 is 2.14 bits per heavy atom. The second-order valence-electron chi connectivity index (χ2n) is 9.09. The van der Waals surface area contributed by atoms with E-state index in [4.69, 9.17) is 9.47 Å². The van der Waals surface area contributed by atoms with E-state index in [1.165, 1.54) is 0 Å². The molecule has 3 aromatic rings. The summed E-state index contributed by atoms with van der Waals surface area (Å²) >= 11 is 0. The Bertz CT molecular complexity index is 1330. The average molecular weight is 498 g/mol. The van der Waals surface area contributed by atoms with Gasteiger partial charge in [-0.05, 0) is 39.0 Å². The normalized spacial score (nSPS) is 18.8. The number of amidine groups is 1. The van der Waals surface area contributed by atoms with E-state index in [2.05, 4.69) is 37.2 Å². The molecule has 5 rings (SSSR count). The van der Waals surface area contributed by atoms with Gasteiger partial charge < -0.3 is 24.7 Å². The molecule has 1 unspecified atom stereocenters. The Kier molecular flexibility index (Phi) is 6.73. The van der Waals surface area contributed by atoms with Crippen molar-refractivity contribution < 1.29 is 18.3 Å². The molecule has 0 spiro atoms. The molecule has 36 heavy (non-hydrogen) atoms. The number of aromatic nitrogens is 3. The highest BCUT2D eigenvalue weighted by Gasteiger charge is 2.26. The van der Waals surface area contributed by atoms with Crippen LogP contribution in [0.5, 0.6) is 5.75 Å². The van der Waals surface area contributed by atoms with Gasteiger partial charge in [-0.25, -0.2) is 18.8 Å². The van der Waals surface area contributed by atoms with E-state index in [9.17, 15) is 8.78 Å². The van der Waals surface area contributed by atoms with Gasteiger partial charge in [-0.2, -0.15) is 5.10 Å². The van der Waals surface area contributed by atoms with Crippen molar-refractivity contribution in [2.45, 2.75) is 38.2 Å². The molecular formula is C25H29F2N7O2. The number of halogens is 2. The quantitative estimate of drug-likeness (QED) is 0.299. The monoisotopic (exact) mass is 497 g/mol. The largest absolute Gasteiger partial charge is 0.468 e. The highest BCUT2D eigenvalue weighted by molar-refractivity contribution is 5.94. The Morgan fingerprint density at radius 3 is 2.86 bits per heavy atom. The molecule has 2 fully saturated rings. The second-order valence-corrected chi connectivity index (χ2v) is 9.09. The molecule has 0 amide bonds. The zero-order chi connectivity index (χ0) is 25.2. The van der Waals surface area contributed by atoms with Gasteiger partial charge in [0.25, 0.3) is 0 Å². The van der Waals surface area contributed by atoms with Gasteiger partial charge in [-0.1, -0.05) is 0 Å². The number of aromatic amines is 2. The smallest absolute Gasteiger partial charge is 0.181 e. The van der Waals surface area contributed by atoms with Crippen LogP contribution in [0.2, 0.25) is 0 Å². The second kappa shape index (κ2) is 10.1. The summed E-state index contributed by atoms with van der Waals surface area (Å²) in [7, 11) is 1.67. The van der Waals surface area contributed by atoms with Gasteiger partial charge >= 0.3 is 0 Å². The fourth-order valence-corrected chi connectivity index (χ4v) is 4.35. The van der Waals surface area contributed by atoms with Crippen LogP contribution in [0.25, 0.3) is 10.9 Å². The van der Waals surface area contributed by atoms with Crippen molar-refractivity contribution in [3.8, 4) is 5.75 Å². The Hall–Kier alpha value is -3.73. The highest BCUT2D eigenvalue weighted by atomic mass is 19.1. The summed E-state index contributed by atoms with van der Waals surface area (Å²) in [5, 5.41) is 10.6. The molecule has 1 aromatic carbocycles. The number of ether oxygens (including phenoxy) is 2. The molecule has 1 saturated carbocycles. The number of likely N-dealkylation sites (tertiary alicyclic amines) is 1. The van der Waals surface area contributed by atoms with Crippen molar-refractivity contribution >= 4 is 29.3 Å². The number of methoxy groups -OCH3 is 1. The van der Waals surface area contributed by atoms with Crippen LogP contribution in [-0.4, -0.2) is 65.7 Å². The number of fused-ring (bicyclic) bond motifs is 1. The third-order valence-corrected chi connectivity index (χ3v) is 6.46. The SMILES string of the molecule is C=N/C(=C\C(=N/COc1cc(F)c2[nH]c(C)cc2c1F)N1CCC(OC)C1)Nc1cc(C2CC2)[nH]n1. The molecule has 2 aliphatic rings. The van der Waals surface area contributed by atoms with E-state index >= 15 is 0 Å². The first-order chi connectivity index (χ1) is 17.4. The molecule has 9 nitrogen and oxygen atoms in total. The predicted octanol–water partition coefficient (Wildman–Crippen LogP) is 4.46. The summed E-state index contributed by atoms with van der Waals surface area (Å²) in [6.45, 7) is 6.52. The lowest BCUT2D eigenvalue weighted by molar-refractivity contribution is 0.114. The molecule has 0 radical (unpaired) electrons. The Morgan fingerprint density at radius 1 is 1.31 bits per heavy atom. The summed E-state index contributed by atoms with van der Waals surface area (Å²) in [5.41, 5.74) is 1.86. The number of nitrogens with one attached hydrogen (secondary N) is 3. The fourth-order valence-electron chi connectivity index (χ4n) is 4.35. The van der Waals surface area contributed by atoms with Crippen LogP contribution in [0.1, 0.15) is 36.6 Å². The summed E-state index contributed by atoms with van der Waals surface area (Å²) in [4.78, 5) is 13.5. The Labute approximate surface area is 207 Å². The summed E-state index contributed by atoms with van der Waals surface area (Å²) in [6, 6.07) is 4.54. The van der Waals surface area contributed by atoms with Crippen LogP contribution in [0, 0.1) is 18.6 Å². The van der Waals surface area contributed by atoms with Gasteiger partial charge in [0.05, 0.1) is 11.6 Å². The zero-order valence-corrected chi connectivity index (χ0v) is 20.3. The van der Waals surface area contributed by atoms with E-state index < -0.39 is 11.6 Å². The van der Waals surface area contributed by atoms with Crippen molar-refractivity contribution in [1.29, 1.82) is 0 Å². The maximum Gasteiger partial charge on any atom is 0.181 e. The number of hydrogen-bond donors (Lipinski definition) is 3.